The fourth-order valence-electron chi connectivity index (χ4n) is 3.09. The molecule has 1 fully saturated rings. The van der Waals surface area contributed by atoms with E-state index in [1.165, 1.54) is 5.56 Å². The van der Waals surface area contributed by atoms with Crippen molar-refractivity contribution < 1.29 is 4.79 Å². The van der Waals surface area contributed by atoms with Gasteiger partial charge in [0, 0.05) is 11.8 Å². The van der Waals surface area contributed by atoms with Crippen molar-refractivity contribution in [3.8, 4) is 0 Å². The lowest BCUT2D eigenvalue weighted by atomic mass is 9.52. The van der Waals surface area contributed by atoms with Gasteiger partial charge in [-0.1, -0.05) is 42.5 Å². The van der Waals surface area contributed by atoms with Crippen molar-refractivity contribution >= 4 is 5.78 Å². The molecule has 0 radical (unpaired) electrons. The van der Waals surface area contributed by atoms with Crippen LogP contribution in [0.2, 0.25) is 0 Å². The molecule has 1 nitrogen and oxygen atoms in total. The molecule has 2 aliphatic carbocycles. The van der Waals surface area contributed by atoms with Crippen LogP contribution in [-0.2, 0) is 10.2 Å². The maximum atomic E-state index is 12.1. The number of hydrogen-bond donors (Lipinski definition) is 0. The zero-order chi connectivity index (χ0) is 10.5. The first kappa shape index (κ1) is 8.90. The SMILES string of the molecule is C[C@@]1(c2ccccc2)C(=O)C2CC=CC21. The number of rotatable bonds is 1. The summed E-state index contributed by atoms with van der Waals surface area (Å²) in [7, 11) is 0. The van der Waals surface area contributed by atoms with E-state index in [2.05, 4.69) is 31.2 Å². The highest BCUT2D eigenvalue weighted by molar-refractivity contribution is 6.00. The van der Waals surface area contributed by atoms with E-state index in [4.69, 9.17) is 0 Å². The van der Waals surface area contributed by atoms with Crippen molar-refractivity contribution in [3.05, 3.63) is 48.0 Å². The van der Waals surface area contributed by atoms with E-state index in [0.29, 0.717) is 11.7 Å². The lowest BCUT2D eigenvalue weighted by Gasteiger charge is -2.48. The smallest absolute Gasteiger partial charge is 0.147 e. The summed E-state index contributed by atoms with van der Waals surface area (Å²) in [5, 5.41) is 0. The van der Waals surface area contributed by atoms with Gasteiger partial charge in [0.2, 0.25) is 0 Å². The van der Waals surface area contributed by atoms with Crippen LogP contribution < -0.4 is 0 Å². The van der Waals surface area contributed by atoms with E-state index in [-0.39, 0.29) is 11.3 Å². The van der Waals surface area contributed by atoms with Crippen molar-refractivity contribution in [1.82, 2.24) is 0 Å². The van der Waals surface area contributed by atoms with Gasteiger partial charge < -0.3 is 0 Å². The zero-order valence-electron chi connectivity index (χ0n) is 8.81. The van der Waals surface area contributed by atoms with Gasteiger partial charge in [0.05, 0.1) is 5.41 Å². The van der Waals surface area contributed by atoms with Gasteiger partial charge in [0.25, 0.3) is 0 Å². The number of carbonyl (C=O) groups excluding carboxylic acids is 1. The van der Waals surface area contributed by atoms with Gasteiger partial charge in [0.1, 0.15) is 5.78 Å². The standard InChI is InChI=1S/C14H14O/c1-14(10-6-3-2-4-7-10)12-9-5-8-11(12)13(14)15/h2-7,9,11-12H,8H2,1H3/t11?,12?,14-/m0/s1. The third-order valence-electron chi connectivity index (χ3n) is 4.06. The summed E-state index contributed by atoms with van der Waals surface area (Å²) in [4.78, 5) is 12.1. The Morgan fingerprint density at radius 1 is 1.27 bits per heavy atom. The first-order valence-corrected chi connectivity index (χ1v) is 5.51. The molecule has 0 bridgehead atoms. The molecule has 76 valence electrons. The van der Waals surface area contributed by atoms with E-state index in [0.717, 1.165) is 6.42 Å². The van der Waals surface area contributed by atoms with Gasteiger partial charge in [-0.05, 0) is 18.9 Å². The third kappa shape index (κ3) is 0.956. The van der Waals surface area contributed by atoms with Crippen LogP contribution in [0.15, 0.2) is 42.5 Å². The quantitative estimate of drug-likeness (QED) is 0.634. The third-order valence-corrected chi connectivity index (χ3v) is 4.06. The second kappa shape index (κ2) is 2.82. The molecule has 0 N–H and O–H groups in total. The molecule has 15 heavy (non-hydrogen) atoms. The van der Waals surface area contributed by atoms with E-state index in [1.807, 2.05) is 18.2 Å². The van der Waals surface area contributed by atoms with Crippen molar-refractivity contribution in [3.63, 3.8) is 0 Å². The summed E-state index contributed by atoms with van der Waals surface area (Å²) >= 11 is 0. The highest BCUT2D eigenvalue weighted by Gasteiger charge is 2.59. The van der Waals surface area contributed by atoms with E-state index < -0.39 is 0 Å². The Morgan fingerprint density at radius 2 is 2.00 bits per heavy atom. The summed E-state index contributed by atoms with van der Waals surface area (Å²) in [6.07, 6.45) is 5.33. The average molecular weight is 198 g/mol. The minimum Gasteiger partial charge on any atom is -0.298 e. The Labute approximate surface area is 89.8 Å². The average Bonchev–Trinajstić information content (AvgIpc) is 2.75. The van der Waals surface area contributed by atoms with E-state index >= 15 is 0 Å². The molecule has 0 aromatic heterocycles. The minimum atomic E-state index is -0.251. The van der Waals surface area contributed by atoms with Crippen molar-refractivity contribution in [2.24, 2.45) is 11.8 Å². The topological polar surface area (TPSA) is 17.1 Å². The van der Waals surface area contributed by atoms with Crippen LogP contribution in [0.25, 0.3) is 0 Å². The fraction of sp³-hybridized carbons (Fsp3) is 0.357. The number of hydrogen-bond acceptors (Lipinski definition) is 1. The van der Waals surface area contributed by atoms with Crippen molar-refractivity contribution in [1.29, 1.82) is 0 Å². The second-order valence-electron chi connectivity index (χ2n) is 4.73. The number of benzene rings is 1. The van der Waals surface area contributed by atoms with E-state index in [1.54, 1.807) is 0 Å². The Balaban J connectivity index is 2.05. The summed E-state index contributed by atoms with van der Waals surface area (Å²) in [5.41, 5.74) is 0.918. The van der Waals surface area contributed by atoms with Crippen LogP contribution in [0.4, 0.5) is 0 Å². The Hall–Kier alpha value is -1.37. The maximum Gasteiger partial charge on any atom is 0.147 e. The predicted molar refractivity (Wildman–Crippen MR) is 59.5 cm³/mol. The molecule has 0 heterocycles. The molecule has 0 amide bonds. The molecule has 1 heteroatoms. The lowest BCUT2D eigenvalue weighted by Crippen LogP contribution is -2.56. The molecular weight excluding hydrogens is 184 g/mol. The lowest BCUT2D eigenvalue weighted by molar-refractivity contribution is -0.141. The van der Waals surface area contributed by atoms with Crippen molar-refractivity contribution in [2.75, 3.05) is 0 Å². The Bertz CT molecular complexity index is 432. The molecule has 3 atom stereocenters. The van der Waals surface area contributed by atoms with Crippen LogP contribution in [0.5, 0.6) is 0 Å². The molecule has 1 aromatic carbocycles. The van der Waals surface area contributed by atoms with Crippen LogP contribution in [-0.4, -0.2) is 5.78 Å². The van der Waals surface area contributed by atoms with Gasteiger partial charge in [0.15, 0.2) is 0 Å². The predicted octanol–water partition coefficient (Wildman–Crippen LogP) is 2.72. The minimum absolute atomic E-state index is 0.251. The number of allylic oxidation sites excluding steroid dienone is 2. The molecule has 0 aliphatic heterocycles. The molecule has 1 saturated carbocycles. The highest BCUT2D eigenvalue weighted by Crippen LogP contribution is 2.54. The molecule has 0 spiro atoms. The summed E-state index contributed by atoms with van der Waals surface area (Å²) < 4.78 is 0. The van der Waals surface area contributed by atoms with Gasteiger partial charge in [-0.15, -0.1) is 0 Å². The summed E-state index contributed by atoms with van der Waals surface area (Å²) in [6.45, 7) is 2.08. The first-order valence-electron chi connectivity index (χ1n) is 5.51. The largest absolute Gasteiger partial charge is 0.298 e. The molecular formula is C14H14O. The molecule has 2 unspecified atom stereocenters. The fourth-order valence-corrected chi connectivity index (χ4v) is 3.09. The van der Waals surface area contributed by atoms with Crippen LogP contribution in [0, 0.1) is 11.8 Å². The number of ketones is 1. The number of carbonyl (C=O) groups is 1. The molecule has 2 aliphatic rings. The van der Waals surface area contributed by atoms with Crippen LogP contribution in [0.1, 0.15) is 18.9 Å². The Morgan fingerprint density at radius 3 is 2.73 bits per heavy atom. The summed E-state index contributed by atoms with van der Waals surface area (Å²) in [6, 6.07) is 10.2. The van der Waals surface area contributed by atoms with Crippen molar-refractivity contribution in [2.45, 2.75) is 18.8 Å². The van der Waals surface area contributed by atoms with Gasteiger partial charge in [-0.2, -0.15) is 0 Å². The van der Waals surface area contributed by atoms with Gasteiger partial charge in [-0.3, -0.25) is 4.79 Å². The zero-order valence-corrected chi connectivity index (χ0v) is 8.81. The number of fused-ring (bicyclic) bond motifs is 1. The van der Waals surface area contributed by atoms with Gasteiger partial charge in [-0.25, -0.2) is 0 Å². The molecule has 1 aromatic rings. The molecule has 3 rings (SSSR count). The Kier molecular flexibility index (Phi) is 1.67. The van der Waals surface area contributed by atoms with E-state index in [9.17, 15) is 4.79 Å². The normalized spacial score (nSPS) is 37.5. The highest BCUT2D eigenvalue weighted by atomic mass is 16.1. The first-order chi connectivity index (χ1) is 7.24. The number of Topliss-reactive ketones (excluding diaryl/α,β-unsaturated/α-hetero) is 1. The monoisotopic (exact) mass is 198 g/mol. The van der Waals surface area contributed by atoms with Crippen LogP contribution in [0.3, 0.4) is 0 Å². The molecule has 0 saturated heterocycles. The maximum absolute atomic E-state index is 12.1. The second-order valence-corrected chi connectivity index (χ2v) is 4.73. The summed E-state index contributed by atoms with van der Waals surface area (Å²) in [5.74, 6) is 1.13. The van der Waals surface area contributed by atoms with Gasteiger partial charge >= 0.3 is 0 Å². The van der Waals surface area contributed by atoms with Crippen LogP contribution >= 0.6 is 0 Å².